The van der Waals surface area contributed by atoms with Crippen LogP contribution in [-0.2, 0) is 9.53 Å². The lowest BCUT2D eigenvalue weighted by Crippen LogP contribution is -2.30. The summed E-state index contributed by atoms with van der Waals surface area (Å²) in [5.74, 6) is -0.0442. The molecule has 6 heteroatoms. The van der Waals surface area contributed by atoms with E-state index in [1.54, 1.807) is 7.11 Å². The SMILES string of the molecule is COCCNCC(=O)Nc1ccc(I)cc1.Cl. The van der Waals surface area contributed by atoms with Gasteiger partial charge in [0.05, 0.1) is 13.2 Å². The molecule has 0 unspecified atom stereocenters. The van der Waals surface area contributed by atoms with Crippen LogP contribution in [0, 0.1) is 3.57 Å². The number of anilines is 1. The number of carbonyl (C=O) groups excluding carboxylic acids is 1. The molecule has 0 saturated heterocycles. The molecule has 0 saturated carbocycles. The second-order valence-electron chi connectivity index (χ2n) is 3.22. The first-order chi connectivity index (χ1) is 7.72. The lowest BCUT2D eigenvalue weighted by atomic mass is 10.3. The van der Waals surface area contributed by atoms with Crippen LogP contribution in [0.5, 0.6) is 0 Å². The Bertz CT molecular complexity index is 333. The van der Waals surface area contributed by atoms with Gasteiger partial charge in [-0.25, -0.2) is 0 Å². The van der Waals surface area contributed by atoms with Gasteiger partial charge in [-0.05, 0) is 46.9 Å². The first-order valence-corrected chi connectivity index (χ1v) is 6.05. The van der Waals surface area contributed by atoms with Gasteiger partial charge in [0.2, 0.25) is 5.91 Å². The molecule has 0 spiro atoms. The summed E-state index contributed by atoms with van der Waals surface area (Å²) in [7, 11) is 1.63. The second-order valence-corrected chi connectivity index (χ2v) is 4.47. The molecule has 0 radical (unpaired) electrons. The molecular weight excluding hydrogens is 354 g/mol. The fourth-order valence-corrected chi connectivity index (χ4v) is 1.47. The van der Waals surface area contributed by atoms with Crippen LogP contribution in [0.25, 0.3) is 0 Å². The van der Waals surface area contributed by atoms with Crippen LogP contribution in [0.3, 0.4) is 0 Å². The van der Waals surface area contributed by atoms with Gasteiger partial charge in [0.15, 0.2) is 0 Å². The molecule has 0 aromatic heterocycles. The molecule has 2 N–H and O–H groups in total. The minimum atomic E-state index is -0.0442. The van der Waals surface area contributed by atoms with Gasteiger partial charge in [0.1, 0.15) is 0 Å². The molecule has 0 heterocycles. The predicted molar refractivity (Wildman–Crippen MR) is 79.8 cm³/mol. The van der Waals surface area contributed by atoms with Gasteiger partial charge in [-0.15, -0.1) is 12.4 Å². The van der Waals surface area contributed by atoms with E-state index in [0.29, 0.717) is 19.7 Å². The molecule has 17 heavy (non-hydrogen) atoms. The number of amides is 1. The largest absolute Gasteiger partial charge is 0.383 e. The van der Waals surface area contributed by atoms with Gasteiger partial charge in [-0.3, -0.25) is 4.79 Å². The van der Waals surface area contributed by atoms with Crippen molar-refractivity contribution < 1.29 is 9.53 Å². The van der Waals surface area contributed by atoms with Crippen molar-refractivity contribution >= 4 is 46.6 Å². The van der Waals surface area contributed by atoms with E-state index in [-0.39, 0.29) is 18.3 Å². The Hall–Kier alpha value is -0.370. The summed E-state index contributed by atoms with van der Waals surface area (Å²) in [6, 6.07) is 7.67. The number of nitrogens with one attached hydrogen (secondary N) is 2. The van der Waals surface area contributed by atoms with Crippen LogP contribution in [0.15, 0.2) is 24.3 Å². The maximum absolute atomic E-state index is 11.4. The maximum atomic E-state index is 11.4. The third-order valence-corrected chi connectivity index (χ3v) is 2.62. The summed E-state index contributed by atoms with van der Waals surface area (Å²) < 4.78 is 6.01. The monoisotopic (exact) mass is 370 g/mol. The Morgan fingerprint density at radius 2 is 2.00 bits per heavy atom. The molecule has 96 valence electrons. The summed E-state index contributed by atoms with van der Waals surface area (Å²) in [4.78, 5) is 11.4. The lowest BCUT2D eigenvalue weighted by Gasteiger charge is -2.06. The number of hydrogen-bond acceptors (Lipinski definition) is 3. The Morgan fingerprint density at radius 3 is 2.59 bits per heavy atom. The predicted octanol–water partition coefficient (Wildman–Crippen LogP) is 1.89. The van der Waals surface area contributed by atoms with Crippen LogP contribution < -0.4 is 10.6 Å². The number of ether oxygens (including phenoxy) is 1. The summed E-state index contributed by atoms with van der Waals surface area (Å²) in [5, 5.41) is 5.78. The first kappa shape index (κ1) is 16.6. The average Bonchev–Trinajstić information content (AvgIpc) is 2.28. The molecular formula is C11H16ClIN2O2. The molecule has 0 aliphatic carbocycles. The standard InChI is InChI=1S/C11H15IN2O2.ClH/c1-16-7-6-13-8-11(15)14-10-4-2-9(12)3-5-10;/h2-5,13H,6-8H2,1H3,(H,14,15);1H. The van der Waals surface area contributed by atoms with Crippen molar-refractivity contribution in [3.8, 4) is 0 Å². The Labute approximate surface area is 121 Å². The molecule has 0 atom stereocenters. The quantitative estimate of drug-likeness (QED) is 0.594. The van der Waals surface area contributed by atoms with Crippen molar-refractivity contribution in [3.05, 3.63) is 27.8 Å². The van der Waals surface area contributed by atoms with E-state index >= 15 is 0 Å². The van der Waals surface area contributed by atoms with Crippen molar-refractivity contribution in [2.75, 3.05) is 32.1 Å². The Morgan fingerprint density at radius 1 is 1.35 bits per heavy atom. The average molecular weight is 371 g/mol. The van der Waals surface area contributed by atoms with Crippen molar-refractivity contribution in [2.45, 2.75) is 0 Å². The summed E-state index contributed by atoms with van der Waals surface area (Å²) >= 11 is 2.22. The maximum Gasteiger partial charge on any atom is 0.238 e. The third-order valence-electron chi connectivity index (χ3n) is 1.90. The van der Waals surface area contributed by atoms with Gasteiger partial charge in [0.25, 0.3) is 0 Å². The van der Waals surface area contributed by atoms with E-state index in [9.17, 15) is 4.79 Å². The normalized spacial score (nSPS) is 9.53. The molecule has 1 rings (SSSR count). The first-order valence-electron chi connectivity index (χ1n) is 4.97. The number of benzene rings is 1. The molecule has 1 aromatic carbocycles. The molecule has 4 nitrogen and oxygen atoms in total. The van der Waals surface area contributed by atoms with Gasteiger partial charge in [0, 0.05) is 22.9 Å². The van der Waals surface area contributed by atoms with E-state index < -0.39 is 0 Å². The Balaban J connectivity index is 0.00000256. The zero-order valence-corrected chi connectivity index (χ0v) is 12.5. The van der Waals surface area contributed by atoms with E-state index in [2.05, 4.69) is 33.2 Å². The van der Waals surface area contributed by atoms with Gasteiger partial charge in [-0.1, -0.05) is 0 Å². The highest BCUT2D eigenvalue weighted by molar-refractivity contribution is 14.1. The minimum absolute atomic E-state index is 0. The topological polar surface area (TPSA) is 50.4 Å². The zero-order chi connectivity index (χ0) is 11.8. The number of halogens is 2. The van der Waals surface area contributed by atoms with Gasteiger partial charge < -0.3 is 15.4 Å². The molecule has 1 aromatic rings. The number of rotatable bonds is 6. The second kappa shape index (κ2) is 9.64. The zero-order valence-electron chi connectivity index (χ0n) is 9.53. The third kappa shape index (κ3) is 7.54. The molecule has 0 aliphatic rings. The van der Waals surface area contributed by atoms with Gasteiger partial charge >= 0.3 is 0 Å². The summed E-state index contributed by atoms with van der Waals surface area (Å²) in [6.07, 6.45) is 0. The highest BCUT2D eigenvalue weighted by Crippen LogP contribution is 2.10. The molecule has 0 bridgehead atoms. The van der Waals surface area contributed by atoms with Crippen LogP contribution in [0.4, 0.5) is 5.69 Å². The fourth-order valence-electron chi connectivity index (χ4n) is 1.11. The van der Waals surface area contributed by atoms with Crippen LogP contribution in [0.1, 0.15) is 0 Å². The molecule has 0 aliphatic heterocycles. The smallest absolute Gasteiger partial charge is 0.238 e. The van der Waals surface area contributed by atoms with Crippen molar-refractivity contribution in [3.63, 3.8) is 0 Å². The molecule has 1 amide bonds. The number of methoxy groups -OCH3 is 1. The number of carbonyl (C=O) groups is 1. The van der Waals surface area contributed by atoms with E-state index in [1.807, 2.05) is 24.3 Å². The summed E-state index contributed by atoms with van der Waals surface area (Å²) in [6.45, 7) is 1.59. The fraction of sp³-hybridized carbons (Fsp3) is 0.364. The Kier molecular flexibility index (Phi) is 9.43. The highest BCUT2D eigenvalue weighted by atomic mass is 127. The van der Waals surface area contributed by atoms with Crippen molar-refractivity contribution in [2.24, 2.45) is 0 Å². The van der Waals surface area contributed by atoms with Crippen LogP contribution >= 0.6 is 35.0 Å². The van der Waals surface area contributed by atoms with Crippen molar-refractivity contribution in [1.82, 2.24) is 5.32 Å². The summed E-state index contributed by atoms with van der Waals surface area (Å²) in [5.41, 5.74) is 0.818. The van der Waals surface area contributed by atoms with Crippen molar-refractivity contribution in [1.29, 1.82) is 0 Å². The van der Waals surface area contributed by atoms with Crippen LogP contribution in [0.2, 0.25) is 0 Å². The van der Waals surface area contributed by atoms with E-state index in [0.717, 1.165) is 9.26 Å². The molecule has 0 fully saturated rings. The van der Waals surface area contributed by atoms with E-state index in [1.165, 1.54) is 0 Å². The van der Waals surface area contributed by atoms with E-state index in [4.69, 9.17) is 4.74 Å². The number of hydrogen-bond donors (Lipinski definition) is 2. The minimum Gasteiger partial charge on any atom is -0.383 e. The van der Waals surface area contributed by atoms with Gasteiger partial charge in [-0.2, -0.15) is 0 Å². The van der Waals surface area contributed by atoms with Crippen LogP contribution in [-0.4, -0.2) is 32.7 Å². The lowest BCUT2D eigenvalue weighted by molar-refractivity contribution is -0.115. The highest BCUT2D eigenvalue weighted by Gasteiger charge is 2.00.